The molecule has 0 N–H and O–H groups in total. The van der Waals surface area contributed by atoms with Crippen molar-refractivity contribution in [2.45, 2.75) is 62.0 Å². The minimum atomic E-state index is -5.00. The van der Waals surface area contributed by atoms with Crippen LogP contribution in [0.4, 0.5) is 13.2 Å². The molecule has 34 heavy (non-hydrogen) atoms. The second-order valence-electron chi connectivity index (χ2n) is 8.89. The van der Waals surface area contributed by atoms with Crippen molar-refractivity contribution < 1.29 is 36.9 Å². The fourth-order valence-electron chi connectivity index (χ4n) is 4.93. The molecule has 0 bridgehead atoms. The van der Waals surface area contributed by atoms with Crippen LogP contribution in [0.2, 0.25) is 0 Å². The molecule has 4 rings (SSSR count). The molecule has 1 fully saturated rings. The van der Waals surface area contributed by atoms with Crippen LogP contribution >= 0.6 is 0 Å². The maximum Gasteiger partial charge on any atom is 0.432 e. The van der Waals surface area contributed by atoms with Crippen molar-refractivity contribution in [2.24, 2.45) is 0 Å². The number of alkyl halides is 3. The van der Waals surface area contributed by atoms with Gasteiger partial charge in [0.1, 0.15) is 18.0 Å². The SMILES string of the molecule is CCC1(COC(=O)C(OC)(c2ccccc2)C(F)(F)F)OC1CCC1Cc2cc(OC)ccc21. The van der Waals surface area contributed by atoms with Crippen molar-refractivity contribution in [1.29, 1.82) is 0 Å². The molecule has 1 aliphatic carbocycles. The van der Waals surface area contributed by atoms with Crippen molar-refractivity contribution in [1.82, 2.24) is 0 Å². The van der Waals surface area contributed by atoms with Crippen LogP contribution in [-0.2, 0) is 31.0 Å². The Labute approximate surface area is 197 Å². The van der Waals surface area contributed by atoms with E-state index in [1.807, 2.05) is 19.1 Å². The molecule has 2 aromatic carbocycles. The molecule has 2 aliphatic rings. The standard InChI is InChI=1S/C26H29F3O5/c1-4-24(22(34-24)13-10-17-14-18-15-20(31-2)11-12-21(17)18)16-33-23(30)25(32-3,26(27,28)29)19-8-6-5-7-9-19/h5-9,11-12,15,17,22H,4,10,13-14,16H2,1-3H3. The molecule has 8 heteroatoms. The summed E-state index contributed by atoms with van der Waals surface area (Å²) < 4.78 is 63.3. The van der Waals surface area contributed by atoms with E-state index < -0.39 is 23.3 Å². The third-order valence-corrected chi connectivity index (χ3v) is 7.16. The Hall–Kier alpha value is -2.58. The molecular formula is C26H29F3O5. The van der Waals surface area contributed by atoms with E-state index >= 15 is 0 Å². The van der Waals surface area contributed by atoms with Gasteiger partial charge >= 0.3 is 12.1 Å². The van der Waals surface area contributed by atoms with E-state index in [0.717, 1.165) is 32.1 Å². The van der Waals surface area contributed by atoms with Crippen molar-refractivity contribution in [3.63, 3.8) is 0 Å². The molecule has 1 aliphatic heterocycles. The zero-order valence-corrected chi connectivity index (χ0v) is 19.5. The highest BCUT2D eigenvalue weighted by Gasteiger charge is 2.65. The van der Waals surface area contributed by atoms with E-state index in [0.29, 0.717) is 12.3 Å². The van der Waals surface area contributed by atoms with E-state index in [1.54, 1.807) is 13.2 Å². The van der Waals surface area contributed by atoms with E-state index in [1.165, 1.54) is 35.4 Å². The number of epoxide rings is 1. The second kappa shape index (κ2) is 9.23. The van der Waals surface area contributed by atoms with Gasteiger partial charge in [0.25, 0.3) is 5.60 Å². The highest BCUT2D eigenvalue weighted by Crippen LogP contribution is 2.48. The lowest BCUT2D eigenvalue weighted by atomic mass is 9.74. The van der Waals surface area contributed by atoms with Gasteiger partial charge < -0.3 is 18.9 Å². The first-order valence-electron chi connectivity index (χ1n) is 11.4. The van der Waals surface area contributed by atoms with Gasteiger partial charge in [-0.3, -0.25) is 0 Å². The average Bonchev–Trinajstić information content (AvgIpc) is 3.52. The van der Waals surface area contributed by atoms with Crippen LogP contribution in [0, 0.1) is 0 Å². The van der Waals surface area contributed by atoms with Crippen molar-refractivity contribution >= 4 is 5.97 Å². The van der Waals surface area contributed by atoms with Crippen LogP contribution in [0.1, 0.15) is 48.8 Å². The number of carbonyl (C=O) groups excluding carboxylic acids is 1. The summed E-state index contributed by atoms with van der Waals surface area (Å²) >= 11 is 0. The van der Waals surface area contributed by atoms with Gasteiger partial charge in [-0.25, -0.2) is 4.79 Å². The molecule has 4 unspecified atom stereocenters. The third kappa shape index (κ3) is 4.18. The second-order valence-corrected chi connectivity index (χ2v) is 8.89. The molecule has 4 atom stereocenters. The molecule has 0 amide bonds. The Morgan fingerprint density at radius 3 is 2.44 bits per heavy atom. The zero-order chi connectivity index (χ0) is 24.6. The average molecular weight is 479 g/mol. The monoisotopic (exact) mass is 478 g/mol. The highest BCUT2D eigenvalue weighted by atomic mass is 19.4. The van der Waals surface area contributed by atoms with Crippen LogP contribution in [-0.4, -0.2) is 44.7 Å². The van der Waals surface area contributed by atoms with Gasteiger partial charge in [0, 0.05) is 12.7 Å². The van der Waals surface area contributed by atoms with Gasteiger partial charge in [0.2, 0.25) is 0 Å². The number of methoxy groups -OCH3 is 2. The van der Waals surface area contributed by atoms with Crippen LogP contribution in [0.3, 0.4) is 0 Å². The fourth-order valence-corrected chi connectivity index (χ4v) is 4.93. The van der Waals surface area contributed by atoms with Crippen LogP contribution < -0.4 is 4.74 Å². The van der Waals surface area contributed by atoms with Gasteiger partial charge in [-0.1, -0.05) is 43.3 Å². The van der Waals surface area contributed by atoms with Gasteiger partial charge in [-0.2, -0.15) is 13.2 Å². The molecular weight excluding hydrogens is 449 g/mol. The van der Waals surface area contributed by atoms with Crippen molar-refractivity contribution in [2.75, 3.05) is 20.8 Å². The first-order valence-corrected chi connectivity index (χ1v) is 11.4. The number of halogens is 3. The Bertz CT molecular complexity index is 1020. The van der Waals surface area contributed by atoms with E-state index in [2.05, 4.69) is 6.07 Å². The normalized spacial score (nSPS) is 25.0. The lowest BCUT2D eigenvalue weighted by Crippen LogP contribution is -2.52. The number of esters is 1. The summed E-state index contributed by atoms with van der Waals surface area (Å²) in [5.41, 5.74) is -1.70. The topological polar surface area (TPSA) is 57.3 Å². The highest BCUT2D eigenvalue weighted by molar-refractivity contribution is 5.82. The van der Waals surface area contributed by atoms with Gasteiger partial charge in [0.05, 0.1) is 13.2 Å². The number of ether oxygens (including phenoxy) is 4. The summed E-state index contributed by atoms with van der Waals surface area (Å²) in [6, 6.07) is 12.9. The van der Waals surface area contributed by atoms with Crippen molar-refractivity contribution in [3.8, 4) is 5.75 Å². The lowest BCUT2D eigenvalue weighted by molar-refractivity contribution is -0.276. The number of rotatable bonds is 10. The van der Waals surface area contributed by atoms with Crippen molar-refractivity contribution in [3.05, 3.63) is 65.2 Å². The minimum absolute atomic E-state index is 0.160. The Kier molecular flexibility index (Phi) is 6.66. The summed E-state index contributed by atoms with van der Waals surface area (Å²) in [5.74, 6) is -0.222. The zero-order valence-electron chi connectivity index (χ0n) is 19.5. The summed E-state index contributed by atoms with van der Waals surface area (Å²) in [5, 5.41) is 0. The maximum atomic E-state index is 14.1. The molecule has 0 radical (unpaired) electrons. The summed E-state index contributed by atoms with van der Waals surface area (Å²) in [4.78, 5) is 12.8. The largest absolute Gasteiger partial charge is 0.497 e. The number of fused-ring (bicyclic) bond motifs is 1. The summed E-state index contributed by atoms with van der Waals surface area (Å²) in [6.45, 7) is 1.63. The minimum Gasteiger partial charge on any atom is -0.497 e. The van der Waals surface area contributed by atoms with Crippen LogP contribution in [0.25, 0.3) is 0 Å². The molecule has 184 valence electrons. The maximum absolute atomic E-state index is 14.1. The third-order valence-electron chi connectivity index (χ3n) is 7.16. The molecule has 0 saturated carbocycles. The molecule has 0 aromatic heterocycles. The van der Waals surface area contributed by atoms with Crippen LogP contribution in [0.5, 0.6) is 5.75 Å². The van der Waals surface area contributed by atoms with Gasteiger partial charge in [0.15, 0.2) is 0 Å². The lowest BCUT2D eigenvalue weighted by Gasteiger charge is -2.32. The van der Waals surface area contributed by atoms with Gasteiger partial charge in [-0.05, 0) is 54.9 Å². The first kappa shape index (κ1) is 24.5. The summed E-state index contributed by atoms with van der Waals surface area (Å²) in [6.07, 6.45) is -2.02. The van der Waals surface area contributed by atoms with Crippen LogP contribution in [0.15, 0.2) is 48.5 Å². The Balaban J connectivity index is 1.38. The first-order chi connectivity index (χ1) is 16.2. The van der Waals surface area contributed by atoms with E-state index in [-0.39, 0.29) is 18.3 Å². The predicted octanol–water partition coefficient (Wildman–Crippen LogP) is 5.31. The molecule has 0 spiro atoms. The number of carbonyl (C=O) groups is 1. The molecule has 1 heterocycles. The van der Waals surface area contributed by atoms with E-state index in [4.69, 9.17) is 18.9 Å². The number of hydrogen-bond acceptors (Lipinski definition) is 5. The number of benzene rings is 2. The predicted molar refractivity (Wildman–Crippen MR) is 119 cm³/mol. The molecule has 5 nitrogen and oxygen atoms in total. The van der Waals surface area contributed by atoms with E-state index in [9.17, 15) is 18.0 Å². The molecule has 1 saturated heterocycles. The summed E-state index contributed by atoms with van der Waals surface area (Å²) in [7, 11) is 2.50. The Morgan fingerprint density at radius 2 is 1.85 bits per heavy atom. The number of hydrogen-bond donors (Lipinski definition) is 0. The quantitative estimate of drug-likeness (QED) is 0.342. The van der Waals surface area contributed by atoms with Gasteiger partial charge in [-0.15, -0.1) is 0 Å². The fraction of sp³-hybridized carbons (Fsp3) is 0.500. The smallest absolute Gasteiger partial charge is 0.432 e. The molecule has 2 aromatic rings. The Morgan fingerprint density at radius 1 is 1.12 bits per heavy atom.